The van der Waals surface area contributed by atoms with E-state index in [0.717, 1.165) is 23.8 Å². The highest BCUT2D eigenvalue weighted by Gasteiger charge is 2.39. The van der Waals surface area contributed by atoms with Gasteiger partial charge in [0.05, 0.1) is 18.8 Å². The SMILES string of the molecule is CCCCCCCCCCCCCCCCCCCCCCNOP(=O)(OC[C@H]1O[C@@H](n2cc(C)c(=O)[nH]c2=O)C[C@@H]1N=[N+]=[N-])C(=O)[O-]. The van der Waals surface area contributed by atoms with Crippen LogP contribution in [0.25, 0.3) is 10.4 Å². The molecule has 0 amide bonds. The number of nitrogens with zero attached hydrogens (tertiary/aromatic N) is 4. The second kappa shape index (κ2) is 24.6. The topological polar surface area (TPSA) is 201 Å². The second-order valence-electron chi connectivity index (χ2n) is 12.9. The Morgan fingerprint density at radius 3 is 1.96 bits per heavy atom. The lowest BCUT2D eigenvalue weighted by Gasteiger charge is -2.22. The number of H-pyrrole nitrogens is 1. The van der Waals surface area contributed by atoms with Gasteiger partial charge in [-0.15, -0.1) is 0 Å². The van der Waals surface area contributed by atoms with Gasteiger partial charge in [-0.1, -0.05) is 134 Å². The number of hydrogen-bond donors (Lipinski definition) is 2. The second-order valence-corrected chi connectivity index (χ2v) is 14.7. The monoisotopic (exact) mass is 697 g/mol. The third-order valence-corrected chi connectivity index (χ3v) is 10.1. The van der Waals surface area contributed by atoms with Crippen LogP contribution in [0.5, 0.6) is 0 Å². The summed E-state index contributed by atoms with van der Waals surface area (Å²) in [7, 11) is -4.74. The number of aromatic amines is 1. The molecule has 1 fully saturated rings. The van der Waals surface area contributed by atoms with Crippen molar-refractivity contribution in [3.05, 3.63) is 43.0 Å². The third kappa shape index (κ3) is 16.3. The van der Waals surface area contributed by atoms with Crippen LogP contribution >= 0.6 is 7.60 Å². The van der Waals surface area contributed by atoms with Crippen LogP contribution < -0.4 is 21.8 Å². The highest BCUT2D eigenvalue weighted by atomic mass is 31.2. The Balaban J connectivity index is 1.53. The van der Waals surface area contributed by atoms with E-state index < -0.39 is 49.5 Å². The van der Waals surface area contributed by atoms with E-state index in [0.29, 0.717) is 6.42 Å². The van der Waals surface area contributed by atoms with Crippen molar-refractivity contribution in [3.8, 4) is 0 Å². The molecule has 0 bridgehead atoms. The maximum atomic E-state index is 12.8. The molecule has 274 valence electrons. The normalized spacial score (nSPS) is 18.8. The third-order valence-electron chi connectivity index (χ3n) is 8.81. The van der Waals surface area contributed by atoms with Gasteiger partial charge in [-0.2, -0.15) is 5.48 Å². The van der Waals surface area contributed by atoms with E-state index >= 15 is 0 Å². The van der Waals surface area contributed by atoms with Gasteiger partial charge in [0, 0.05) is 29.6 Å². The molecule has 1 unspecified atom stereocenters. The fourth-order valence-corrected chi connectivity index (χ4v) is 6.73. The summed E-state index contributed by atoms with van der Waals surface area (Å²) in [6, 6.07) is -0.864. The van der Waals surface area contributed by atoms with Crippen molar-refractivity contribution in [2.24, 2.45) is 5.11 Å². The van der Waals surface area contributed by atoms with E-state index in [1.165, 1.54) is 116 Å². The smallest absolute Gasteiger partial charge is 0.393 e. The van der Waals surface area contributed by atoms with Crippen molar-refractivity contribution in [3.63, 3.8) is 0 Å². The van der Waals surface area contributed by atoms with E-state index in [2.05, 4.69) is 27.4 Å². The van der Waals surface area contributed by atoms with Gasteiger partial charge >= 0.3 is 13.3 Å². The molecule has 2 N–H and O–H groups in total. The summed E-state index contributed by atoms with van der Waals surface area (Å²) in [4.78, 5) is 40.5. The molecular formula is C33H58N6O8P-. The van der Waals surface area contributed by atoms with Crippen LogP contribution in [0.1, 0.15) is 154 Å². The molecule has 4 atom stereocenters. The van der Waals surface area contributed by atoms with Crippen LogP contribution in [0, 0.1) is 6.92 Å². The number of ether oxygens (including phenoxy) is 1. The lowest BCUT2D eigenvalue weighted by molar-refractivity contribution is -0.237. The Kier molecular flexibility index (Phi) is 21.4. The lowest BCUT2D eigenvalue weighted by atomic mass is 10.0. The molecular weight excluding hydrogens is 639 g/mol. The molecule has 15 heteroatoms. The molecule has 0 saturated carbocycles. The first-order valence-corrected chi connectivity index (χ1v) is 19.7. The minimum absolute atomic E-state index is 0.0393. The van der Waals surface area contributed by atoms with Crippen LogP contribution in [0.15, 0.2) is 20.9 Å². The van der Waals surface area contributed by atoms with Crippen molar-refractivity contribution in [2.75, 3.05) is 13.2 Å². The highest BCUT2D eigenvalue weighted by molar-refractivity contribution is 7.70. The number of unbranched alkanes of at least 4 members (excludes halogenated alkanes) is 19. The largest absolute Gasteiger partial charge is 0.538 e. The van der Waals surface area contributed by atoms with Crippen molar-refractivity contribution < 1.29 is 28.4 Å². The summed E-state index contributed by atoms with van der Waals surface area (Å²) < 4.78 is 29.7. The molecule has 1 aliphatic heterocycles. The number of aromatic nitrogens is 2. The molecule has 1 aliphatic rings. The first-order chi connectivity index (χ1) is 23.2. The number of carbonyl (C=O) groups excluding carboxylic acids is 1. The number of azide groups is 1. The number of aryl methyl sites for hydroxylation is 1. The Morgan fingerprint density at radius 2 is 1.48 bits per heavy atom. The minimum atomic E-state index is -4.74. The lowest BCUT2D eigenvalue weighted by Crippen LogP contribution is -2.33. The Morgan fingerprint density at radius 1 is 0.979 bits per heavy atom. The van der Waals surface area contributed by atoms with Gasteiger partial charge in [-0.05, 0) is 18.9 Å². The zero-order valence-corrected chi connectivity index (χ0v) is 30.0. The van der Waals surface area contributed by atoms with Gasteiger partial charge in [-0.25, -0.2) is 9.42 Å². The van der Waals surface area contributed by atoms with Gasteiger partial charge < -0.3 is 19.2 Å². The molecule has 48 heavy (non-hydrogen) atoms. The summed E-state index contributed by atoms with van der Waals surface area (Å²) in [5, 5.41) is 15.2. The number of hydrogen-bond acceptors (Lipinski definition) is 10. The maximum absolute atomic E-state index is 12.8. The Hall–Kier alpha value is -2.47. The summed E-state index contributed by atoms with van der Waals surface area (Å²) in [6.07, 6.45) is 24.8. The molecule has 1 aromatic rings. The molecule has 0 aromatic carbocycles. The quantitative estimate of drug-likeness (QED) is 0.0210. The van der Waals surface area contributed by atoms with Crippen LogP contribution in [0.4, 0.5) is 4.79 Å². The predicted molar refractivity (Wildman–Crippen MR) is 184 cm³/mol. The van der Waals surface area contributed by atoms with Crippen LogP contribution in [-0.2, 0) is 18.5 Å². The number of carbonyl (C=O) groups is 1. The Bertz CT molecular complexity index is 1270. The molecule has 1 aromatic heterocycles. The first-order valence-electron chi connectivity index (χ1n) is 18.1. The van der Waals surface area contributed by atoms with Crippen LogP contribution in [-0.4, -0.2) is 40.6 Å². The van der Waals surface area contributed by atoms with Gasteiger partial charge in [0.15, 0.2) is 5.71 Å². The standard InChI is InChI=1S/C33H59N6O8P/c1-3-4-5-6-7-8-9-10-11-12-13-14-15-16-17-18-19-20-21-22-23-35-47-48(44,33(42)43)45-26-29-28(37-38-34)24-30(46-29)39-25-27(2)31(40)36-32(39)41/h25,28-30,35H,3-24,26H2,1-2H3,(H,42,43)(H,36,40,41)/p-1/t28-,29+,30+,48?/m0/s1. The summed E-state index contributed by atoms with van der Waals surface area (Å²) in [5.41, 5.74) is 8.33. The molecule has 2 rings (SSSR count). The molecule has 1 saturated heterocycles. The number of hydroxylamine groups is 1. The van der Waals surface area contributed by atoms with Crippen molar-refractivity contribution in [2.45, 2.75) is 167 Å². The Labute approximate surface area is 284 Å². The van der Waals surface area contributed by atoms with Crippen LogP contribution in [0.2, 0.25) is 0 Å². The zero-order valence-electron chi connectivity index (χ0n) is 29.1. The minimum Gasteiger partial charge on any atom is -0.538 e. The van der Waals surface area contributed by atoms with Crippen molar-refractivity contribution in [1.29, 1.82) is 0 Å². The average molecular weight is 698 g/mol. The van der Waals surface area contributed by atoms with E-state index in [-0.39, 0.29) is 18.5 Å². The zero-order chi connectivity index (χ0) is 35.0. The van der Waals surface area contributed by atoms with Gasteiger partial charge in [0.1, 0.15) is 6.23 Å². The molecule has 14 nitrogen and oxygen atoms in total. The fourth-order valence-electron chi connectivity index (χ4n) is 5.89. The summed E-state index contributed by atoms with van der Waals surface area (Å²) in [6.45, 7) is 3.48. The fraction of sp³-hybridized carbons (Fsp3) is 0.848. The molecule has 2 heterocycles. The van der Waals surface area contributed by atoms with Crippen LogP contribution in [0.3, 0.4) is 0 Å². The van der Waals surface area contributed by atoms with Gasteiger partial charge in [0.25, 0.3) is 5.56 Å². The predicted octanol–water partition coefficient (Wildman–Crippen LogP) is 7.71. The summed E-state index contributed by atoms with van der Waals surface area (Å²) in [5.74, 6) is 0. The number of rotatable bonds is 29. The van der Waals surface area contributed by atoms with Gasteiger partial charge in [-0.3, -0.25) is 18.9 Å². The van der Waals surface area contributed by atoms with E-state index in [9.17, 15) is 24.1 Å². The first kappa shape index (κ1) is 41.7. The summed E-state index contributed by atoms with van der Waals surface area (Å²) >= 11 is 0. The molecule has 0 radical (unpaired) electrons. The van der Waals surface area contributed by atoms with E-state index in [1.807, 2.05) is 0 Å². The number of nitrogens with one attached hydrogen (secondary N) is 2. The molecule has 0 spiro atoms. The highest BCUT2D eigenvalue weighted by Crippen LogP contribution is 2.47. The van der Waals surface area contributed by atoms with E-state index in [1.54, 1.807) is 0 Å². The van der Waals surface area contributed by atoms with Crippen molar-refractivity contribution in [1.82, 2.24) is 15.0 Å². The van der Waals surface area contributed by atoms with Crippen molar-refractivity contribution >= 4 is 13.3 Å². The molecule has 0 aliphatic carbocycles. The average Bonchev–Trinajstić information content (AvgIpc) is 3.46. The maximum Gasteiger partial charge on any atom is 0.393 e. The van der Waals surface area contributed by atoms with Gasteiger partial charge in [0.2, 0.25) is 0 Å². The number of carboxylic acid groups (broad SMARTS) is 1. The van der Waals surface area contributed by atoms with E-state index in [4.69, 9.17) is 19.4 Å².